The van der Waals surface area contributed by atoms with E-state index in [9.17, 15) is 4.39 Å². The van der Waals surface area contributed by atoms with Crippen molar-refractivity contribution in [1.29, 1.82) is 0 Å². The van der Waals surface area contributed by atoms with Gasteiger partial charge in [-0.2, -0.15) is 0 Å². The fourth-order valence-corrected chi connectivity index (χ4v) is 3.76. The van der Waals surface area contributed by atoms with Gasteiger partial charge in [-0.25, -0.2) is 9.37 Å². The summed E-state index contributed by atoms with van der Waals surface area (Å²) in [5, 5.41) is 0. The number of hydrogen-bond acceptors (Lipinski definition) is 3. The summed E-state index contributed by atoms with van der Waals surface area (Å²) in [6.07, 6.45) is 7.77. The van der Waals surface area contributed by atoms with Gasteiger partial charge in [-0.05, 0) is 67.6 Å². The van der Waals surface area contributed by atoms with Crippen molar-refractivity contribution in [2.24, 2.45) is 5.73 Å². The van der Waals surface area contributed by atoms with Gasteiger partial charge < -0.3 is 10.1 Å². The SMILES string of the molecule is CC(N)c1cnc2ccc(-c3cccnc3-c3ccc(F)c(C4CC4)c3)cn12. The quantitative estimate of drug-likeness (QED) is 0.542. The van der Waals surface area contributed by atoms with Crippen molar-refractivity contribution in [2.45, 2.75) is 31.7 Å². The molecule has 3 aromatic heterocycles. The molecule has 1 saturated carbocycles. The van der Waals surface area contributed by atoms with Crippen molar-refractivity contribution < 1.29 is 4.39 Å². The van der Waals surface area contributed by atoms with E-state index in [1.54, 1.807) is 12.3 Å². The Morgan fingerprint density at radius 3 is 2.71 bits per heavy atom. The average molecular weight is 372 g/mol. The van der Waals surface area contributed by atoms with Gasteiger partial charge in [-0.3, -0.25) is 4.98 Å². The Balaban J connectivity index is 1.66. The van der Waals surface area contributed by atoms with Gasteiger partial charge in [-0.15, -0.1) is 0 Å². The van der Waals surface area contributed by atoms with Crippen LogP contribution < -0.4 is 5.73 Å². The lowest BCUT2D eigenvalue weighted by Crippen LogP contribution is -2.08. The minimum atomic E-state index is -0.120. The van der Waals surface area contributed by atoms with Crippen LogP contribution in [0.15, 0.2) is 61.1 Å². The van der Waals surface area contributed by atoms with Crippen LogP contribution in [0, 0.1) is 5.82 Å². The zero-order valence-electron chi connectivity index (χ0n) is 15.6. The molecule has 5 rings (SSSR count). The average Bonchev–Trinajstić information content (AvgIpc) is 3.46. The summed E-state index contributed by atoms with van der Waals surface area (Å²) in [5.41, 5.74) is 12.5. The third kappa shape index (κ3) is 2.88. The molecule has 4 aromatic rings. The summed E-state index contributed by atoms with van der Waals surface area (Å²) in [6, 6.07) is 13.2. The van der Waals surface area contributed by atoms with Crippen molar-refractivity contribution in [2.75, 3.05) is 0 Å². The zero-order valence-corrected chi connectivity index (χ0v) is 15.6. The standard InChI is InChI=1S/C23H21FN4/c1-14(25)21-12-27-22-9-7-17(13-28(21)22)18-3-2-10-26-23(18)16-6-8-20(24)19(11-16)15-4-5-15/h2-3,6-15H,4-5,25H2,1H3. The molecule has 1 aromatic carbocycles. The number of hydrogen-bond donors (Lipinski definition) is 1. The van der Waals surface area contributed by atoms with E-state index in [-0.39, 0.29) is 11.9 Å². The molecule has 3 heterocycles. The molecule has 5 heteroatoms. The molecule has 0 aliphatic heterocycles. The van der Waals surface area contributed by atoms with E-state index in [1.165, 1.54) is 0 Å². The van der Waals surface area contributed by atoms with Gasteiger partial charge in [0.15, 0.2) is 0 Å². The molecule has 2 N–H and O–H groups in total. The van der Waals surface area contributed by atoms with Gasteiger partial charge in [0.05, 0.1) is 17.6 Å². The largest absolute Gasteiger partial charge is 0.323 e. The molecule has 1 unspecified atom stereocenters. The molecule has 1 fully saturated rings. The van der Waals surface area contributed by atoms with Crippen LogP contribution in [0.1, 0.15) is 43.0 Å². The van der Waals surface area contributed by atoms with Crippen LogP contribution in [0.5, 0.6) is 0 Å². The molecule has 0 saturated heterocycles. The lowest BCUT2D eigenvalue weighted by Gasteiger charge is -2.12. The molecular weight excluding hydrogens is 351 g/mol. The Hall–Kier alpha value is -3.05. The number of imidazole rings is 1. The number of benzene rings is 1. The maximum Gasteiger partial charge on any atom is 0.136 e. The fourth-order valence-electron chi connectivity index (χ4n) is 3.76. The topological polar surface area (TPSA) is 56.2 Å². The highest BCUT2D eigenvalue weighted by atomic mass is 19.1. The molecule has 0 bridgehead atoms. The number of halogens is 1. The number of rotatable bonds is 4. The van der Waals surface area contributed by atoms with Crippen LogP contribution in [-0.2, 0) is 0 Å². The summed E-state index contributed by atoms with van der Waals surface area (Å²) in [5.74, 6) is 0.230. The molecule has 1 aliphatic rings. The maximum atomic E-state index is 14.2. The Morgan fingerprint density at radius 1 is 1.11 bits per heavy atom. The van der Waals surface area contributed by atoms with Crippen LogP contribution in [0.25, 0.3) is 28.0 Å². The second-order valence-corrected chi connectivity index (χ2v) is 7.53. The van der Waals surface area contributed by atoms with E-state index in [0.717, 1.165) is 52.1 Å². The van der Waals surface area contributed by atoms with Crippen molar-refractivity contribution in [3.63, 3.8) is 0 Å². The molecule has 0 radical (unpaired) electrons. The lowest BCUT2D eigenvalue weighted by atomic mass is 9.98. The Kier molecular flexibility index (Phi) is 3.98. The first-order valence-corrected chi connectivity index (χ1v) is 9.59. The predicted octanol–water partition coefficient (Wildman–Crippen LogP) is 5.10. The van der Waals surface area contributed by atoms with E-state index in [4.69, 9.17) is 5.73 Å². The second-order valence-electron chi connectivity index (χ2n) is 7.53. The summed E-state index contributed by atoms with van der Waals surface area (Å²) < 4.78 is 16.2. The Morgan fingerprint density at radius 2 is 1.93 bits per heavy atom. The van der Waals surface area contributed by atoms with E-state index in [2.05, 4.69) is 9.97 Å². The van der Waals surface area contributed by atoms with E-state index in [0.29, 0.717) is 5.92 Å². The highest BCUT2D eigenvalue weighted by Crippen LogP contribution is 2.43. The molecule has 1 aliphatic carbocycles. The zero-order chi connectivity index (χ0) is 19.3. The minimum absolute atomic E-state index is 0.114. The van der Waals surface area contributed by atoms with Crippen LogP contribution in [0.2, 0.25) is 0 Å². The van der Waals surface area contributed by atoms with Crippen molar-refractivity contribution in [3.8, 4) is 22.4 Å². The first-order valence-electron chi connectivity index (χ1n) is 9.59. The van der Waals surface area contributed by atoms with Gasteiger partial charge in [0, 0.05) is 35.1 Å². The van der Waals surface area contributed by atoms with Gasteiger partial charge >= 0.3 is 0 Å². The fraction of sp³-hybridized carbons (Fsp3) is 0.217. The molecule has 4 nitrogen and oxygen atoms in total. The summed E-state index contributed by atoms with van der Waals surface area (Å²) >= 11 is 0. The third-order valence-electron chi connectivity index (χ3n) is 5.41. The van der Waals surface area contributed by atoms with E-state index in [1.807, 2.05) is 60.1 Å². The molecule has 140 valence electrons. The molecular formula is C23H21FN4. The van der Waals surface area contributed by atoms with Crippen LogP contribution in [-0.4, -0.2) is 14.4 Å². The third-order valence-corrected chi connectivity index (χ3v) is 5.41. The maximum absolute atomic E-state index is 14.2. The van der Waals surface area contributed by atoms with Crippen LogP contribution in [0.4, 0.5) is 4.39 Å². The number of pyridine rings is 2. The van der Waals surface area contributed by atoms with Crippen LogP contribution >= 0.6 is 0 Å². The number of nitrogens with zero attached hydrogens (tertiary/aromatic N) is 3. The van der Waals surface area contributed by atoms with Crippen molar-refractivity contribution in [3.05, 3.63) is 78.1 Å². The molecule has 1 atom stereocenters. The van der Waals surface area contributed by atoms with Crippen LogP contribution in [0.3, 0.4) is 0 Å². The Bertz CT molecular complexity index is 1170. The first-order chi connectivity index (χ1) is 13.6. The van der Waals surface area contributed by atoms with E-state index >= 15 is 0 Å². The highest BCUT2D eigenvalue weighted by molar-refractivity contribution is 5.81. The summed E-state index contributed by atoms with van der Waals surface area (Å²) in [6.45, 7) is 1.95. The monoisotopic (exact) mass is 372 g/mol. The normalized spacial score (nSPS) is 15.1. The van der Waals surface area contributed by atoms with Gasteiger partial charge in [0.1, 0.15) is 11.5 Å². The van der Waals surface area contributed by atoms with Gasteiger partial charge in [-0.1, -0.05) is 6.07 Å². The second kappa shape index (κ2) is 6.53. The number of nitrogens with two attached hydrogens (primary N) is 1. The summed E-state index contributed by atoms with van der Waals surface area (Å²) in [7, 11) is 0. The van der Waals surface area contributed by atoms with Gasteiger partial charge in [0.2, 0.25) is 0 Å². The first kappa shape index (κ1) is 17.1. The van der Waals surface area contributed by atoms with E-state index < -0.39 is 0 Å². The highest BCUT2D eigenvalue weighted by Gasteiger charge is 2.27. The lowest BCUT2D eigenvalue weighted by molar-refractivity contribution is 0.611. The minimum Gasteiger partial charge on any atom is -0.323 e. The number of aromatic nitrogens is 3. The smallest absolute Gasteiger partial charge is 0.136 e. The summed E-state index contributed by atoms with van der Waals surface area (Å²) in [4.78, 5) is 9.06. The van der Waals surface area contributed by atoms with Crippen molar-refractivity contribution in [1.82, 2.24) is 14.4 Å². The molecule has 0 spiro atoms. The van der Waals surface area contributed by atoms with Gasteiger partial charge in [0.25, 0.3) is 0 Å². The Labute approximate surface area is 162 Å². The molecule has 28 heavy (non-hydrogen) atoms. The van der Waals surface area contributed by atoms with Crippen molar-refractivity contribution >= 4 is 5.65 Å². The number of fused-ring (bicyclic) bond motifs is 1. The predicted molar refractivity (Wildman–Crippen MR) is 108 cm³/mol. The molecule has 0 amide bonds.